The minimum absolute atomic E-state index is 0.232. The van der Waals surface area contributed by atoms with Gasteiger partial charge in [0.05, 0.1) is 27.1 Å². The molecule has 0 aliphatic rings. The van der Waals surface area contributed by atoms with Crippen LogP contribution in [0.25, 0.3) is 0 Å². The zero-order valence-corrected chi connectivity index (χ0v) is 13.0. The zero-order valence-electron chi connectivity index (χ0n) is 8.60. The largest absolute Gasteiger partial charge is 0.338 e. The second-order valence-corrected chi connectivity index (χ2v) is 5.57. The molecule has 1 aromatic heterocycles. The average molecular weight is 416 g/mol. The third-order valence-electron chi connectivity index (χ3n) is 2.06. The number of aromatic nitrogens is 2. The highest BCUT2D eigenvalue weighted by molar-refractivity contribution is 14.1. The lowest BCUT2D eigenvalue weighted by Gasteiger charge is -2.09. The Morgan fingerprint density at radius 1 is 1.17 bits per heavy atom. The fourth-order valence-corrected chi connectivity index (χ4v) is 2.24. The van der Waals surface area contributed by atoms with Gasteiger partial charge in [0.1, 0.15) is 3.57 Å². The number of H-pyrrole nitrogens is 1. The number of anilines is 2. The molecule has 2 N–H and O–H groups in total. The second kappa shape index (κ2) is 5.64. The van der Waals surface area contributed by atoms with Gasteiger partial charge >= 0.3 is 0 Å². The molecule has 0 amide bonds. The maximum atomic E-state index is 11.4. The van der Waals surface area contributed by atoms with Gasteiger partial charge in [-0.1, -0.05) is 34.8 Å². The molecule has 1 heterocycles. The van der Waals surface area contributed by atoms with E-state index in [0.717, 1.165) is 0 Å². The first-order valence-electron chi connectivity index (χ1n) is 4.64. The third kappa shape index (κ3) is 2.90. The van der Waals surface area contributed by atoms with Crippen LogP contribution in [0.1, 0.15) is 0 Å². The van der Waals surface area contributed by atoms with Gasteiger partial charge in [0.2, 0.25) is 0 Å². The van der Waals surface area contributed by atoms with Crippen LogP contribution in [-0.2, 0) is 0 Å². The highest BCUT2D eigenvalue weighted by atomic mass is 127. The normalized spacial score (nSPS) is 10.4. The van der Waals surface area contributed by atoms with Crippen LogP contribution in [0.5, 0.6) is 0 Å². The molecule has 0 fully saturated rings. The number of halogens is 4. The smallest absolute Gasteiger partial charge is 0.266 e. The van der Waals surface area contributed by atoms with Gasteiger partial charge in [-0.2, -0.15) is 0 Å². The van der Waals surface area contributed by atoms with Crippen molar-refractivity contribution >= 4 is 68.9 Å². The van der Waals surface area contributed by atoms with Crippen LogP contribution < -0.4 is 10.9 Å². The molecule has 0 saturated heterocycles. The number of nitrogens with zero attached hydrogens (tertiary/aromatic N) is 1. The maximum Gasteiger partial charge on any atom is 0.266 e. The van der Waals surface area contributed by atoms with E-state index in [1.54, 1.807) is 6.07 Å². The molecule has 4 nitrogen and oxygen atoms in total. The predicted molar refractivity (Wildman–Crippen MR) is 82.3 cm³/mol. The minimum atomic E-state index is -0.232. The van der Waals surface area contributed by atoms with Gasteiger partial charge in [-0.25, -0.2) is 4.98 Å². The Morgan fingerprint density at radius 2 is 1.83 bits per heavy atom. The van der Waals surface area contributed by atoms with Gasteiger partial charge in [0.15, 0.2) is 5.82 Å². The third-order valence-corrected chi connectivity index (χ3v) is 4.10. The lowest BCUT2D eigenvalue weighted by Crippen LogP contribution is -2.13. The molecule has 0 aliphatic heterocycles. The molecule has 0 aliphatic carbocycles. The zero-order chi connectivity index (χ0) is 13.3. The van der Waals surface area contributed by atoms with Gasteiger partial charge in [0, 0.05) is 0 Å². The first-order valence-corrected chi connectivity index (χ1v) is 6.85. The van der Waals surface area contributed by atoms with Crippen molar-refractivity contribution in [2.75, 3.05) is 5.32 Å². The van der Waals surface area contributed by atoms with Crippen LogP contribution in [0, 0.1) is 3.57 Å². The Morgan fingerprint density at radius 3 is 2.56 bits per heavy atom. The summed E-state index contributed by atoms with van der Waals surface area (Å²) in [6.07, 6.45) is 1.30. The summed E-state index contributed by atoms with van der Waals surface area (Å²) < 4.78 is 0.428. The van der Waals surface area contributed by atoms with E-state index in [0.29, 0.717) is 30.1 Å². The van der Waals surface area contributed by atoms with Gasteiger partial charge in [-0.3, -0.25) is 4.79 Å². The quantitative estimate of drug-likeness (QED) is 0.573. The average Bonchev–Trinajstić information content (AvgIpc) is 2.32. The molecule has 0 atom stereocenters. The van der Waals surface area contributed by atoms with E-state index < -0.39 is 0 Å². The van der Waals surface area contributed by atoms with Gasteiger partial charge in [-0.05, 0) is 34.7 Å². The van der Waals surface area contributed by atoms with Crippen LogP contribution >= 0.6 is 57.4 Å². The van der Waals surface area contributed by atoms with Crippen LogP contribution in [0.15, 0.2) is 23.3 Å². The summed E-state index contributed by atoms with van der Waals surface area (Å²) in [5.41, 5.74) is 0.298. The van der Waals surface area contributed by atoms with E-state index in [2.05, 4.69) is 15.3 Å². The van der Waals surface area contributed by atoms with Crippen molar-refractivity contribution in [2.45, 2.75) is 0 Å². The molecule has 0 spiro atoms. The monoisotopic (exact) mass is 415 g/mol. The molecule has 2 rings (SSSR count). The molecule has 0 bridgehead atoms. The van der Waals surface area contributed by atoms with Gasteiger partial charge in [0.25, 0.3) is 5.56 Å². The van der Waals surface area contributed by atoms with Crippen molar-refractivity contribution in [3.63, 3.8) is 0 Å². The number of rotatable bonds is 2. The summed E-state index contributed by atoms with van der Waals surface area (Å²) in [7, 11) is 0. The number of hydrogen-bond acceptors (Lipinski definition) is 3. The van der Waals surface area contributed by atoms with Crippen LogP contribution in [0.4, 0.5) is 11.5 Å². The highest BCUT2D eigenvalue weighted by Crippen LogP contribution is 2.33. The summed E-state index contributed by atoms with van der Waals surface area (Å²) in [5.74, 6) is 0.402. The van der Waals surface area contributed by atoms with Crippen molar-refractivity contribution < 1.29 is 0 Å². The minimum Gasteiger partial charge on any atom is -0.338 e. The topological polar surface area (TPSA) is 57.8 Å². The Labute approximate surface area is 131 Å². The van der Waals surface area contributed by atoms with Crippen LogP contribution in [-0.4, -0.2) is 9.97 Å². The molecule has 0 saturated carbocycles. The van der Waals surface area contributed by atoms with E-state index in [1.165, 1.54) is 12.4 Å². The standard InChI is InChI=1S/C10H5Cl3IN3O/c11-4-1-6(13)7(2-5(4)12)17-9-8(14)10(18)16-3-15-9/h1-3H,(H2,15,16,17,18). The van der Waals surface area contributed by atoms with E-state index in [4.69, 9.17) is 34.8 Å². The fourth-order valence-electron chi connectivity index (χ4n) is 1.22. The van der Waals surface area contributed by atoms with E-state index in [9.17, 15) is 4.79 Å². The number of benzene rings is 1. The van der Waals surface area contributed by atoms with Crippen molar-refractivity contribution in [1.82, 2.24) is 9.97 Å². The van der Waals surface area contributed by atoms with Crippen LogP contribution in [0.2, 0.25) is 15.1 Å². The Bertz CT molecular complexity index is 659. The molecule has 0 unspecified atom stereocenters. The molecule has 8 heteroatoms. The summed E-state index contributed by atoms with van der Waals surface area (Å²) in [6, 6.07) is 3.10. The molecule has 18 heavy (non-hydrogen) atoms. The van der Waals surface area contributed by atoms with Crippen molar-refractivity contribution in [3.8, 4) is 0 Å². The molecular formula is C10H5Cl3IN3O. The summed E-state index contributed by atoms with van der Waals surface area (Å²) >= 11 is 19.6. The van der Waals surface area contributed by atoms with E-state index >= 15 is 0 Å². The van der Waals surface area contributed by atoms with Crippen molar-refractivity contribution in [1.29, 1.82) is 0 Å². The molecule has 0 radical (unpaired) electrons. The summed E-state index contributed by atoms with van der Waals surface area (Å²) in [4.78, 5) is 17.9. The summed E-state index contributed by atoms with van der Waals surface area (Å²) in [6.45, 7) is 0. The SMILES string of the molecule is O=c1[nH]cnc(Nc2cc(Cl)c(Cl)cc2Cl)c1I. The number of nitrogens with one attached hydrogen (secondary N) is 2. The summed E-state index contributed by atoms with van der Waals surface area (Å²) in [5, 5.41) is 4.05. The first-order chi connectivity index (χ1) is 8.49. The molecular weight excluding hydrogens is 411 g/mol. The highest BCUT2D eigenvalue weighted by Gasteiger charge is 2.10. The number of hydrogen-bond donors (Lipinski definition) is 2. The maximum absolute atomic E-state index is 11.4. The first kappa shape index (κ1) is 13.9. The predicted octanol–water partition coefficient (Wildman–Crippen LogP) is 4.08. The lowest BCUT2D eigenvalue weighted by atomic mass is 10.3. The second-order valence-electron chi connectivity index (χ2n) is 3.27. The fraction of sp³-hybridized carbons (Fsp3) is 0. The Balaban J connectivity index is 2.43. The van der Waals surface area contributed by atoms with Crippen molar-refractivity contribution in [2.24, 2.45) is 0 Å². The van der Waals surface area contributed by atoms with Gasteiger partial charge in [-0.15, -0.1) is 0 Å². The Kier molecular flexibility index (Phi) is 4.37. The van der Waals surface area contributed by atoms with Gasteiger partial charge < -0.3 is 10.3 Å². The van der Waals surface area contributed by atoms with Crippen molar-refractivity contribution in [3.05, 3.63) is 47.5 Å². The lowest BCUT2D eigenvalue weighted by molar-refractivity contribution is 1.10. The molecule has 1 aromatic carbocycles. The number of aromatic amines is 1. The van der Waals surface area contributed by atoms with Crippen LogP contribution in [0.3, 0.4) is 0 Å². The van der Waals surface area contributed by atoms with E-state index in [1.807, 2.05) is 22.6 Å². The van der Waals surface area contributed by atoms with E-state index in [-0.39, 0.29) is 5.56 Å². The molecule has 2 aromatic rings. The Hall–Kier alpha value is -0.500. The molecule has 94 valence electrons.